The molecule has 0 bridgehead atoms. The molecule has 1 atom stereocenters. The van der Waals surface area contributed by atoms with Gasteiger partial charge in [-0.25, -0.2) is 0 Å². The average molecular weight is 286 g/mol. The van der Waals surface area contributed by atoms with Crippen molar-refractivity contribution in [2.75, 3.05) is 7.05 Å². The fraction of sp³-hybridized carbons (Fsp3) is 0.800. The minimum absolute atomic E-state index is 0.289. The van der Waals surface area contributed by atoms with E-state index in [0.29, 0.717) is 12.0 Å². The SMILES string of the molecule is CCCC(CCC)C(NC)c1c(Cl)cnn1C(C)C. The molecule has 0 radical (unpaired) electrons. The summed E-state index contributed by atoms with van der Waals surface area (Å²) in [6.07, 6.45) is 6.63. The van der Waals surface area contributed by atoms with Crippen molar-refractivity contribution in [1.82, 2.24) is 15.1 Å². The van der Waals surface area contributed by atoms with Crippen LogP contribution in [0.25, 0.3) is 0 Å². The molecule has 19 heavy (non-hydrogen) atoms. The van der Waals surface area contributed by atoms with E-state index in [1.54, 1.807) is 6.20 Å². The lowest BCUT2D eigenvalue weighted by Crippen LogP contribution is -2.28. The summed E-state index contributed by atoms with van der Waals surface area (Å²) in [5.74, 6) is 0.617. The van der Waals surface area contributed by atoms with Crippen LogP contribution in [0.2, 0.25) is 5.02 Å². The molecule has 0 spiro atoms. The smallest absolute Gasteiger partial charge is 0.0834 e. The number of rotatable bonds is 8. The van der Waals surface area contributed by atoms with Gasteiger partial charge >= 0.3 is 0 Å². The summed E-state index contributed by atoms with van der Waals surface area (Å²) in [4.78, 5) is 0. The maximum absolute atomic E-state index is 6.38. The topological polar surface area (TPSA) is 29.9 Å². The van der Waals surface area contributed by atoms with Gasteiger partial charge in [-0.2, -0.15) is 5.10 Å². The number of hydrogen-bond donors (Lipinski definition) is 1. The summed E-state index contributed by atoms with van der Waals surface area (Å²) in [5, 5.41) is 8.68. The van der Waals surface area contributed by atoms with Crippen molar-refractivity contribution in [3.05, 3.63) is 16.9 Å². The lowest BCUT2D eigenvalue weighted by molar-refractivity contribution is 0.309. The number of hydrogen-bond acceptors (Lipinski definition) is 2. The van der Waals surface area contributed by atoms with Crippen molar-refractivity contribution in [2.45, 2.75) is 65.5 Å². The van der Waals surface area contributed by atoms with E-state index < -0.39 is 0 Å². The Hall–Kier alpha value is -0.540. The van der Waals surface area contributed by atoms with Gasteiger partial charge in [-0.1, -0.05) is 38.3 Å². The van der Waals surface area contributed by atoms with E-state index in [1.807, 2.05) is 7.05 Å². The van der Waals surface area contributed by atoms with Gasteiger partial charge in [-0.15, -0.1) is 0 Å². The summed E-state index contributed by atoms with van der Waals surface area (Å²) in [7, 11) is 2.02. The van der Waals surface area contributed by atoms with Gasteiger partial charge < -0.3 is 5.32 Å². The fourth-order valence-electron chi connectivity index (χ4n) is 2.87. The summed E-state index contributed by atoms with van der Waals surface area (Å²) in [6, 6.07) is 0.625. The Morgan fingerprint density at radius 2 is 1.84 bits per heavy atom. The van der Waals surface area contributed by atoms with Crippen LogP contribution in [0, 0.1) is 5.92 Å². The van der Waals surface area contributed by atoms with E-state index in [9.17, 15) is 0 Å². The second-order valence-corrected chi connectivity index (χ2v) is 5.93. The molecule has 1 heterocycles. The van der Waals surface area contributed by atoms with E-state index in [-0.39, 0.29) is 6.04 Å². The van der Waals surface area contributed by atoms with Crippen molar-refractivity contribution >= 4 is 11.6 Å². The molecule has 110 valence electrons. The molecule has 3 nitrogen and oxygen atoms in total. The molecular weight excluding hydrogens is 258 g/mol. The van der Waals surface area contributed by atoms with Crippen LogP contribution in [0.5, 0.6) is 0 Å². The van der Waals surface area contributed by atoms with Crippen molar-refractivity contribution in [3.63, 3.8) is 0 Å². The van der Waals surface area contributed by atoms with E-state index in [0.717, 1.165) is 10.7 Å². The van der Waals surface area contributed by atoms with Gasteiger partial charge in [0.15, 0.2) is 0 Å². The van der Waals surface area contributed by atoms with Crippen molar-refractivity contribution in [2.24, 2.45) is 5.92 Å². The average Bonchev–Trinajstić information content (AvgIpc) is 2.73. The predicted octanol–water partition coefficient (Wildman–Crippen LogP) is 4.59. The van der Waals surface area contributed by atoms with E-state index in [1.165, 1.54) is 25.7 Å². The molecule has 0 aliphatic rings. The van der Waals surface area contributed by atoms with Crippen molar-refractivity contribution in [1.29, 1.82) is 0 Å². The number of aromatic nitrogens is 2. The molecule has 1 aromatic heterocycles. The highest BCUT2D eigenvalue weighted by Crippen LogP contribution is 2.34. The monoisotopic (exact) mass is 285 g/mol. The maximum atomic E-state index is 6.38. The largest absolute Gasteiger partial charge is 0.311 e. The quantitative estimate of drug-likeness (QED) is 0.757. The maximum Gasteiger partial charge on any atom is 0.0834 e. The number of nitrogens with one attached hydrogen (secondary N) is 1. The number of nitrogens with zero attached hydrogens (tertiary/aromatic N) is 2. The Labute approximate surface area is 122 Å². The molecule has 0 saturated heterocycles. The molecule has 4 heteroatoms. The molecule has 0 saturated carbocycles. The minimum atomic E-state index is 0.289. The van der Waals surface area contributed by atoms with Crippen LogP contribution in [0.4, 0.5) is 0 Å². The molecular formula is C15H28ClN3. The number of halogens is 1. The zero-order valence-corrected chi connectivity index (χ0v) is 13.7. The van der Waals surface area contributed by atoms with Crippen LogP contribution < -0.4 is 5.32 Å². The Balaban J connectivity index is 3.09. The molecule has 1 rings (SSSR count). The van der Waals surface area contributed by atoms with Crippen LogP contribution in [0.15, 0.2) is 6.20 Å². The van der Waals surface area contributed by atoms with Crippen LogP contribution >= 0.6 is 11.6 Å². The van der Waals surface area contributed by atoms with Gasteiger partial charge in [-0.05, 0) is 39.7 Å². The molecule has 0 aliphatic carbocycles. The second-order valence-electron chi connectivity index (χ2n) is 5.52. The summed E-state index contributed by atoms with van der Waals surface area (Å²) in [5.41, 5.74) is 1.14. The highest BCUT2D eigenvalue weighted by Gasteiger charge is 2.27. The lowest BCUT2D eigenvalue weighted by Gasteiger charge is -2.28. The van der Waals surface area contributed by atoms with Crippen LogP contribution in [-0.2, 0) is 0 Å². The second kappa shape index (κ2) is 7.91. The summed E-state index contributed by atoms with van der Waals surface area (Å²) >= 11 is 6.38. The van der Waals surface area contributed by atoms with Gasteiger partial charge in [0.1, 0.15) is 0 Å². The lowest BCUT2D eigenvalue weighted by atomic mass is 9.88. The Bertz CT molecular complexity index is 367. The summed E-state index contributed by atoms with van der Waals surface area (Å²) < 4.78 is 2.06. The van der Waals surface area contributed by atoms with Crippen LogP contribution in [-0.4, -0.2) is 16.8 Å². The Morgan fingerprint density at radius 1 is 1.26 bits per heavy atom. The zero-order valence-electron chi connectivity index (χ0n) is 12.9. The third kappa shape index (κ3) is 3.96. The predicted molar refractivity (Wildman–Crippen MR) is 82.7 cm³/mol. The minimum Gasteiger partial charge on any atom is -0.311 e. The van der Waals surface area contributed by atoms with E-state index >= 15 is 0 Å². The van der Waals surface area contributed by atoms with Crippen LogP contribution in [0.3, 0.4) is 0 Å². The van der Waals surface area contributed by atoms with Crippen LogP contribution in [0.1, 0.15) is 71.2 Å². The fourth-order valence-corrected chi connectivity index (χ4v) is 3.12. The molecule has 1 unspecified atom stereocenters. The molecule has 1 N–H and O–H groups in total. The van der Waals surface area contributed by atoms with Gasteiger partial charge in [0.2, 0.25) is 0 Å². The molecule has 0 aromatic carbocycles. The normalized spacial score (nSPS) is 13.5. The van der Waals surface area contributed by atoms with Gasteiger partial charge in [0.25, 0.3) is 0 Å². The molecule has 0 aliphatic heterocycles. The van der Waals surface area contributed by atoms with Gasteiger partial charge in [0, 0.05) is 6.04 Å². The third-order valence-electron chi connectivity index (χ3n) is 3.67. The first-order valence-corrected chi connectivity index (χ1v) is 7.84. The first-order valence-electron chi connectivity index (χ1n) is 7.46. The van der Waals surface area contributed by atoms with E-state index in [2.05, 4.69) is 42.8 Å². The first kappa shape index (κ1) is 16.5. The first-order chi connectivity index (χ1) is 9.06. The Morgan fingerprint density at radius 3 is 2.26 bits per heavy atom. The standard InChI is InChI=1S/C15H28ClN3/c1-6-8-12(9-7-2)14(17-5)15-13(16)10-18-19(15)11(3)4/h10-12,14,17H,6-9H2,1-5H3. The zero-order chi connectivity index (χ0) is 14.4. The summed E-state index contributed by atoms with van der Waals surface area (Å²) in [6.45, 7) is 8.79. The van der Waals surface area contributed by atoms with Crippen molar-refractivity contribution < 1.29 is 0 Å². The molecule has 1 aromatic rings. The van der Waals surface area contributed by atoms with Crippen molar-refractivity contribution in [3.8, 4) is 0 Å². The van der Waals surface area contributed by atoms with E-state index in [4.69, 9.17) is 11.6 Å². The molecule has 0 fully saturated rings. The molecule has 0 amide bonds. The highest BCUT2D eigenvalue weighted by atomic mass is 35.5. The third-order valence-corrected chi connectivity index (χ3v) is 3.96. The van der Waals surface area contributed by atoms with Gasteiger partial charge in [-0.3, -0.25) is 4.68 Å². The Kier molecular flexibility index (Phi) is 6.87. The van der Waals surface area contributed by atoms with Gasteiger partial charge in [0.05, 0.1) is 23.0 Å². The highest BCUT2D eigenvalue weighted by molar-refractivity contribution is 6.31.